The van der Waals surface area contributed by atoms with Crippen molar-refractivity contribution in [2.75, 3.05) is 0 Å². The molecule has 0 spiro atoms. The predicted octanol–water partition coefficient (Wildman–Crippen LogP) is 1.45. The molecule has 0 aliphatic heterocycles. The zero-order valence-corrected chi connectivity index (χ0v) is 9.41. The third-order valence-electron chi connectivity index (χ3n) is 2.49. The van der Waals surface area contributed by atoms with Crippen molar-refractivity contribution in [3.05, 3.63) is 35.9 Å². The van der Waals surface area contributed by atoms with Gasteiger partial charge in [-0.05, 0) is 0 Å². The quantitative estimate of drug-likeness (QED) is 0.579. The van der Waals surface area contributed by atoms with Crippen molar-refractivity contribution in [1.29, 1.82) is 0 Å². The van der Waals surface area contributed by atoms with E-state index in [0.717, 1.165) is 5.56 Å². The van der Waals surface area contributed by atoms with Crippen molar-refractivity contribution in [2.45, 2.75) is 31.9 Å². The minimum absolute atomic E-state index is 0.238. The van der Waals surface area contributed by atoms with E-state index in [0.29, 0.717) is 20.0 Å². The zero-order valence-electron chi connectivity index (χ0n) is 9.41. The summed E-state index contributed by atoms with van der Waals surface area (Å²) in [6.45, 7) is 1.90. The van der Waals surface area contributed by atoms with Gasteiger partial charge in [0.15, 0.2) is 0 Å². The van der Waals surface area contributed by atoms with Crippen LogP contribution >= 0.6 is 0 Å². The Kier molecular flexibility index (Phi) is 5.64. The van der Waals surface area contributed by atoms with Crippen molar-refractivity contribution in [3.63, 3.8) is 0 Å². The van der Waals surface area contributed by atoms with E-state index in [4.69, 9.17) is 0 Å². The van der Waals surface area contributed by atoms with E-state index in [1.54, 1.807) is 0 Å². The van der Waals surface area contributed by atoms with Crippen LogP contribution in [-0.2, 0) is 11.1 Å². The Hall–Kier alpha value is -1.29. The van der Waals surface area contributed by atoms with Crippen LogP contribution in [0.2, 0.25) is 0 Å². The first kappa shape index (κ1) is 12.8. The van der Waals surface area contributed by atoms with Gasteiger partial charge in [-0.25, -0.2) is 0 Å². The van der Waals surface area contributed by atoms with Gasteiger partial charge in [-0.3, -0.25) is 0 Å². The van der Waals surface area contributed by atoms with E-state index < -0.39 is 6.10 Å². The summed E-state index contributed by atoms with van der Waals surface area (Å²) in [5.41, 5.74) is 1.11. The molecule has 1 aromatic carbocycles. The molecule has 4 heteroatoms. The second kappa shape index (κ2) is 7.07. The van der Waals surface area contributed by atoms with Crippen molar-refractivity contribution in [2.24, 2.45) is 4.99 Å². The molecule has 0 saturated carbocycles. The second-order valence-corrected chi connectivity index (χ2v) is 3.67. The van der Waals surface area contributed by atoms with Crippen LogP contribution in [0.15, 0.2) is 35.3 Å². The average molecular weight is 217 g/mol. The Bertz CT molecular complexity index is 340. The fourth-order valence-corrected chi connectivity index (χ4v) is 1.56. The number of aliphatic hydroxyl groups excluding tert-OH is 1. The van der Waals surface area contributed by atoms with Crippen LogP contribution in [0.1, 0.15) is 18.9 Å². The molecule has 0 bridgehead atoms. The Morgan fingerprint density at radius 1 is 1.44 bits per heavy atom. The molecule has 3 nitrogen and oxygen atoms in total. The normalized spacial score (nSPS) is 14.6. The van der Waals surface area contributed by atoms with E-state index >= 15 is 0 Å². The van der Waals surface area contributed by atoms with Crippen LogP contribution in [0.25, 0.3) is 0 Å². The van der Waals surface area contributed by atoms with Crippen LogP contribution in [-0.4, -0.2) is 30.5 Å². The summed E-state index contributed by atoms with van der Waals surface area (Å²) >= 11 is 0. The molecule has 0 fully saturated rings. The van der Waals surface area contributed by atoms with Crippen molar-refractivity contribution >= 4 is 13.3 Å². The molecule has 1 aromatic rings. The molecule has 1 N–H and O–H groups in total. The third kappa shape index (κ3) is 4.07. The number of hydrogen-bond acceptors (Lipinski definition) is 3. The summed E-state index contributed by atoms with van der Waals surface area (Å²) in [5, 5.41) is 9.78. The first-order chi connectivity index (χ1) is 7.77. The number of benzene rings is 1. The molecule has 84 valence electrons. The SMILES string of the molecule is CC[C@@H](O)[C@H](Cc1ccccc1)N=CB=O. The maximum atomic E-state index is 10.2. The number of aliphatic imine (C=N–C) groups is 1. The molecule has 0 heterocycles. The van der Waals surface area contributed by atoms with Crippen LogP contribution in [0.5, 0.6) is 0 Å². The Morgan fingerprint density at radius 3 is 2.69 bits per heavy atom. The Labute approximate surface area is 96.5 Å². The zero-order chi connectivity index (χ0) is 11.8. The maximum absolute atomic E-state index is 10.2. The minimum atomic E-state index is -0.503. The van der Waals surface area contributed by atoms with Crippen LogP contribution in [0, 0.1) is 0 Å². The van der Waals surface area contributed by atoms with Crippen molar-refractivity contribution in [3.8, 4) is 0 Å². The van der Waals surface area contributed by atoms with Gasteiger partial charge in [-0.1, -0.05) is 0 Å². The van der Waals surface area contributed by atoms with Gasteiger partial charge in [0, 0.05) is 0 Å². The molecule has 0 radical (unpaired) electrons. The van der Waals surface area contributed by atoms with E-state index in [9.17, 15) is 9.81 Å². The average Bonchev–Trinajstić information content (AvgIpc) is 2.34. The third-order valence-corrected chi connectivity index (χ3v) is 2.49. The van der Waals surface area contributed by atoms with Crippen molar-refractivity contribution in [1.82, 2.24) is 0 Å². The van der Waals surface area contributed by atoms with E-state index in [1.165, 1.54) is 6.11 Å². The first-order valence-electron chi connectivity index (χ1n) is 5.46. The summed E-state index contributed by atoms with van der Waals surface area (Å²) in [7, 11) is 0.639. The van der Waals surface area contributed by atoms with E-state index in [2.05, 4.69) is 4.99 Å². The summed E-state index contributed by atoms with van der Waals surface area (Å²) in [4.78, 5) is 4.07. The molecule has 16 heavy (non-hydrogen) atoms. The fraction of sp³-hybridized carbons (Fsp3) is 0.417. The van der Waals surface area contributed by atoms with Crippen molar-refractivity contribution < 1.29 is 9.81 Å². The molecule has 0 aromatic heterocycles. The number of rotatable bonds is 6. The summed E-state index contributed by atoms with van der Waals surface area (Å²) < 4.78 is 10.2. The van der Waals surface area contributed by atoms with Gasteiger partial charge in [-0.15, -0.1) is 0 Å². The monoisotopic (exact) mass is 217 g/mol. The molecule has 0 saturated heterocycles. The van der Waals surface area contributed by atoms with Crippen LogP contribution in [0.4, 0.5) is 0 Å². The second-order valence-electron chi connectivity index (χ2n) is 3.67. The molecule has 1 rings (SSSR count). The van der Waals surface area contributed by atoms with Gasteiger partial charge in [0.05, 0.1) is 0 Å². The topological polar surface area (TPSA) is 49.7 Å². The first-order valence-corrected chi connectivity index (χ1v) is 5.46. The van der Waals surface area contributed by atoms with Gasteiger partial charge in [-0.2, -0.15) is 0 Å². The van der Waals surface area contributed by atoms with Gasteiger partial charge in [0.25, 0.3) is 0 Å². The Morgan fingerprint density at radius 2 is 2.12 bits per heavy atom. The molecule has 0 aliphatic carbocycles. The fourth-order valence-electron chi connectivity index (χ4n) is 1.56. The van der Waals surface area contributed by atoms with Gasteiger partial charge in [0.2, 0.25) is 0 Å². The molecular weight excluding hydrogens is 201 g/mol. The van der Waals surface area contributed by atoms with E-state index in [1.807, 2.05) is 37.3 Å². The standard InChI is InChI=1S/C12H16BNO2/c1-2-12(15)11(14-9-13-16)8-10-6-4-3-5-7-10/h3-7,9,11-12,15H,2,8H2,1H3/t11-,12+/m0/s1. The molecule has 0 aliphatic rings. The van der Waals surface area contributed by atoms with Gasteiger partial charge >= 0.3 is 95.9 Å². The van der Waals surface area contributed by atoms with Gasteiger partial charge in [0.1, 0.15) is 0 Å². The predicted molar refractivity (Wildman–Crippen MR) is 65.2 cm³/mol. The molecule has 0 unspecified atom stereocenters. The summed E-state index contributed by atoms with van der Waals surface area (Å²) in [6, 6.07) is 9.60. The molecular formula is C12H16BNO2. The summed E-state index contributed by atoms with van der Waals surface area (Å²) in [6.07, 6.45) is 2.00. The van der Waals surface area contributed by atoms with E-state index in [-0.39, 0.29) is 6.04 Å². The summed E-state index contributed by atoms with van der Waals surface area (Å²) in [5.74, 6) is 0. The van der Waals surface area contributed by atoms with Crippen LogP contribution in [0.3, 0.4) is 0 Å². The Balaban J connectivity index is 2.70. The number of nitrogens with zero attached hydrogens (tertiary/aromatic N) is 1. The number of hydrogen-bond donors (Lipinski definition) is 1. The number of aliphatic hydroxyl groups is 1. The molecule has 0 amide bonds. The molecule has 2 atom stereocenters. The van der Waals surface area contributed by atoms with Gasteiger partial charge < -0.3 is 0 Å². The van der Waals surface area contributed by atoms with Crippen LogP contribution < -0.4 is 0 Å².